The molecule has 1 rings (SSSR count). The van der Waals surface area contributed by atoms with Crippen molar-refractivity contribution in [2.45, 2.75) is 109 Å². The second kappa shape index (κ2) is 16.3. The van der Waals surface area contributed by atoms with E-state index in [-0.39, 0.29) is 19.1 Å². The van der Waals surface area contributed by atoms with Gasteiger partial charge in [-0.15, -0.1) is 11.8 Å². The molecule has 0 bridgehead atoms. The largest absolute Gasteiger partial charge is 0.353 e. The molecule has 3 atom stereocenters. The van der Waals surface area contributed by atoms with Crippen LogP contribution in [0.15, 0.2) is 0 Å². The van der Waals surface area contributed by atoms with Gasteiger partial charge in [0, 0.05) is 28.8 Å². The van der Waals surface area contributed by atoms with E-state index in [1.165, 1.54) is 32.1 Å². The van der Waals surface area contributed by atoms with Gasteiger partial charge in [0.25, 0.3) is 0 Å². The molecule has 0 N–H and O–H groups in total. The second-order valence-electron chi connectivity index (χ2n) is 6.36. The van der Waals surface area contributed by atoms with Crippen LogP contribution in [-0.4, -0.2) is 19.5 Å². The van der Waals surface area contributed by atoms with Crippen LogP contribution in [0.1, 0.15) is 106 Å². The zero-order chi connectivity index (χ0) is 18.2. The number of rotatable bonds is 13. The van der Waals surface area contributed by atoms with Gasteiger partial charge in [0.15, 0.2) is 6.29 Å². The lowest BCUT2D eigenvalue weighted by molar-refractivity contribution is -0.162. The normalized spacial score (nSPS) is 21.7. The Morgan fingerprint density at radius 3 is 2.52 bits per heavy atom. The Morgan fingerprint density at radius 2 is 1.74 bits per heavy atom. The molecule has 0 aromatic heterocycles. The lowest BCUT2D eigenvalue weighted by Gasteiger charge is -2.22. The van der Waals surface area contributed by atoms with Gasteiger partial charge in [0.05, 0.1) is 0 Å². The maximum absolute atomic E-state index is 8.03. The highest BCUT2D eigenvalue weighted by Crippen LogP contribution is 2.14. The summed E-state index contributed by atoms with van der Waals surface area (Å²) >= 11 is 0. The van der Waals surface area contributed by atoms with Crippen molar-refractivity contribution in [3.63, 3.8) is 0 Å². The van der Waals surface area contributed by atoms with Gasteiger partial charge in [0.1, 0.15) is 0 Å². The fourth-order valence-electron chi connectivity index (χ4n) is 2.65. The molecule has 0 aromatic carbocycles. The van der Waals surface area contributed by atoms with E-state index in [0.717, 1.165) is 51.6 Å². The predicted octanol–water partition coefficient (Wildman–Crippen LogP) is 6.23. The first-order valence-electron chi connectivity index (χ1n) is 10.9. The zero-order valence-corrected chi connectivity index (χ0v) is 15.2. The Hall–Kier alpha value is -0.520. The summed E-state index contributed by atoms with van der Waals surface area (Å²) in [6.45, 7) is 3.48. The third kappa shape index (κ3) is 13.6. The molecule has 0 aromatic rings. The monoisotopic (exact) mass is 324 g/mol. The highest BCUT2D eigenvalue weighted by atomic mass is 16.7. The number of unbranched alkanes of at least 4 members (excludes halogenated alkanes) is 5. The van der Waals surface area contributed by atoms with E-state index in [0.29, 0.717) is 13.0 Å². The molecule has 2 heteroatoms. The molecule has 3 unspecified atom stereocenters. The Kier molecular flexibility index (Phi) is 12.3. The van der Waals surface area contributed by atoms with Crippen LogP contribution < -0.4 is 0 Å². The molecule has 0 radical (unpaired) electrons. The Balaban J connectivity index is 1.92. The van der Waals surface area contributed by atoms with Crippen molar-refractivity contribution in [3.05, 3.63) is 0 Å². The van der Waals surface area contributed by atoms with Crippen LogP contribution >= 0.6 is 0 Å². The minimum absolute atomic E-state index is 0.0702. The first kappa shape index (κ1) is 17.3. The van der Waals surface area contributed by atoms with Crippen LogP contribution in [0.3, 0.4) is 0 Å². The van der Waals surface area contributed by atoms with E-state index < -0.39 is 0 Å². The summed E-state index contributed by atoms with van der Waals surface area (Å²) in [5.74, 6) is 6.36. The Bertz CT molecular complexity index is 359. The quantitative estimate of drug-likeness (QED) is 0.295. The van der Waals surface area contributed by atoms with Gasteiger partial charge in [-0.3, -0.25) is 0 Å². The van der Waals surface area contributed by atoms with Crippen molar-refractivity contribution in [1.29, 1.82) is 0 Å². The smallest absolute Gasteiger partial charge is 0.157 e. The molecule has 23 heavy (non-hydrogen) atoms. The molecule has 1 aliphatic heterocycles. The molecule has 1 saturated heterocycles. The maximum atomic E-state index is 8.03. The minimum atomic E-state index is -0.169. The Labute approximate surface area is 147 Å². The molecule has 1 heterocycles. The van der Waals surface area contributed by atoms with E-state index in [4.69, 9.17) is 12.2 Å². The predicted molar refractivity (Wildman–Crippen MR) is 98.4 cm³/mol. The highest BCUT2D eigenvalue weighted by Gasteiger charge is 2.13. The standard InChI is InChI=1S/C21H38O2/c1-2-3-4-5-6-7-8-9-10-11-12-13-14-16-19-22-21-18-15-17-20-23-21/h21H,2-6,9-20H2,1H3/i10D,16D. The van der Waals surface area contributed by atoms with Gasteiger partial charge < -0.3 is 9.47 Å². The van der Waals surface area contributed by atoms with E-state index in [2.05, 4.69) is 18.8 Å². The summed E-state index contributed by atoms with van der Waals surface area (Å²) in [5, 5.41) is 0. The molecule has 0 spiro atoms. The van der Waals surface area contributed by atoms with Crippen LogP contribution in [0.25, 0.3) is 0 Å². The lowest BCUT2D eigenvalue weighted by atomic mass is 10.1. The van der Waals surface area contributed by atoms with Gasteiger partial charge in [-0.2, -0.15) is 0 Å². The van der Waals surface area contributed by atoms with E-state index in [1.807, 2.05) is 0 Å². The molecular weight excluding hydrogens is 284 g/mol. The molecular formula is C21H38O2. The van der Waals surface area contributed by atoms with Gasteiger partial charge in [0.2, 0.25) is 0 Å². The number of hydrogen-bond acceptors (Lipinski definition) is 2. The van der Waals surface area contributed by atoms with Crippen LogP contribution in [0.4, 0.5) is 0 Å². The van der Waals surface area contributed by atoms with Crippen LogP contribution in [0.5, 0.6) is 0 Å². The summed E-state index contributed by atoms with van der Waals surface area (Å²) in [6, 6.07) is 0. The van der Waals surface area contributed by atoms with Gasteiger partial charge in [-0.05, 0) is 38.5 Å². The van der Waals surface area contributed by atoms with E-state index >= 15 is 0 Å². The number of hydrogen-bond donors (Lipinski definition) is 0. The molecule has 1 aliphatic rings. The van der Waals surface area contributed by atoms with Crippen LogP contribution in [0.2, 0.25) is 0 Å². The maximum Gasteiger partial charge on any atom is 0.157 e. The van der Waals surface area contributed by atoms with Crippen LogP contribution in [-0.2, 0) is 9.47 Å². The third-order valence-corrected chi connectivity index (χ3v) is 4.13. The fraction of sp³-hybridized carbons (Fsp3) is 0.905. The lowest BCUT2D eigenvalue weighted by Crippen LogP contribution is -2.22. The third-order valence-electron chi connectivity index (χ3n) is 4.13. The zero-order valence-electron chi connectivity index (χ0n) is 17.2. The summed E-state index contributed by atoms with van der Waals surface area (Å²) in [4.78, 5) is 0. The van der Waals surface area contributed by atoms with Crippen molar-refractivity contribution in [2.24, 2.45) is 0 Å². The summed E-state index contributed by atoms with van der Waals surface area (Å²) in [6.07, 6.45) is 13.4. The topological polar surface area (TPSA) is 18.5 Å². The van der Waals surface area contributed by atoms with Crippen molar-refractivity contribution in [2.75, 3.05) is 13.2 Å². The summed E-state index contributed by atoms with van der Waals surface area (Å²) in [7, 11) is 0. The Morgan fingerprint density at radius 1 is 0.957 bits per heavy atom. The average Bonchev–Trinajstić information content (AvgIpc) is 2.63. The van der Waals surface area contributed by atoms with Gasteiger partial charge in [-0.25, -0.2) is 0 Å². The SMILES string of the molecule is [2H]C(CC#CCCCCCC)CCCCC([2H])COC1CCCCO1. The van der Waals surface area contributed by atoms with Crippen molar-refractivity contribution in [3.8, 4) is 11.8 Å². The second-order valence-corrected chi connectivity index (χ2v) is 6.36. The average molecular weight is 325 g/mol. The summed E-state index contributed by atoms with van der Waals surface area (Å²) in [5.41, 5.74) is 0. The molecule has 1 fully saturated rings. The number of ether oxygens (including phenoxy) is 2. The van der Waals surface area contributed by atoms with Crippen molar-refractivity contribution in [1.82, 2.24) is 0 Å². The molecule has 0 amide bonds. The first-order valence-corrected chi connectivity index (χ1v) is 9.75. The van der Waals surface area contributed by atoms with Crippen molar-refractivity contribution < 1.29 is 12.2 Å². The van der Waals surface area contributed by atoms with Gasteiger partial charge in [-0.1, -0.05) is 51.9 Å². The molecule has 0 aliphatic carbocycles. The molecule has 2 nitrogen and oxygen atoms in total. The highest BCUT2D eigenvalue weighted by molar-refractivity contribution is 4.98. The fourth-order valence-corrected chi connectivity index (χ4v) is 2.65. The minimum Gasteiger partial charge on any atom is -0.353 e. The molecule has 134 valence electrons. The van der Waals surface area contributed by atoms with Gasteiger partial charge >= 0.3 is 0 Å². The summed E-state index contributed by atoms with van der Waals surface area (Å²) < 4.78 is 27.2. The molecule has 0 saturated carbocycles. The van der Waals surface area contributed by atoms with E-state index in [1.54, 1.807) is 0 Å². The van der Waals surface area contributed by atoms with Crippen molar-refractivity contribution >= 4 is 0 Å². The van der Waals surface area contributed by atoms with Crippen LogP contribution in [0, 0.1) is 11.8 Å². The first-order chi connectivity index (χ1) is 12.2. The van der Waals surface area contributed by atoms with E-state index in [9.17, 15) is 0 Å².